The number of fused-ring (bicyclic) bond motifs is 2. The highest BCUT2D eigenvalue weighted by Gasteiger charge is 2.31. The Morgan fingerprint density at radius 1 is 1.05 bits per heavy atom. The van der Waals surface area contributed by atoms with E-state index in [1.807, 2.05) is 0 Å². The van der Waals surface area contributed by atoms with Crippen molar-refractivity contribution < 1.29 is 0 Å². The Morgan fingerprint density at radius 3 is 2.38 bits per heavy atom. The third-order valence-electron chi connectivity index (χ3n) is 5.36. The van der Waals surface area contributed by atoms with Crippen molar-refractivity contribution in [3.8, 4) is 0 Å². The molecule has 2 bridgehead atoms. The van der Waals surface area contributed by atoms with Gasteiger partial charge in [0.1, 0.15) is 0 Å². The molecule has 1 N–H and O–H groups in total. The minimum atomic E-state index is 0.243. The lowest BCUT2D eigenvalue weighted by molar-refractivity contribution is 0.200. The van der Waals surface area contributed by atoms with Crippen LogP contribution in [-0.2, 0) is 5.41 Å². The molecule has 2 aliphatic heterocycles. The second-order valence-corrected chi connectivity index (χ2v) is 7.97. The van der Waals surface area contributed by atoms with Gasteiger partial charge in [0.05, 0.1) is 0 Å². The predicted molar refractivity (Wildman–Crippen MR) is 89.7 cm³/mol. The first-order valence-electron chi connectivity index (χ1n) is 8.54. The minimum Gasteiger partial charge on any atom is -0.310 e. The molecule has 2 aliphatic rings. The summed E-state index contributed by atoms with van der Waals surface area (Å²) in [5.41, 5.74) is 3.13. The number of hydrogen-bond acceptors (Lipinski definition) is 2. The van der Waals surface area contributed by atoms with Gasteiger partial charge in [0.25, 0.3) is 0 Å². The summed E-state index contributed by atoms with van der Waals surface area (Å²) in [7, 11) is 0. The van der Waals surface area contributed by atoms with Crippen molar-refractivity contribution >= 4 is 0 Å². The monoisotopic (exact) mass is 286 g/mol. The fourth-order valence-corrected chi connectivity index (χ4v) is 3.79. The highest BCUT2D eigenvalue weighted by Crippen LogP contribution is 2.29. The molecule has 0 radical (unpaired) electrons. The van der Waals surface area contributed by atoms with Crippen molar-refractivity contribution in [3.63, 3.8) is 0 Å². The Hall–Kier alpha value is -0.860. The Bertz CT molecular complexity index is 471. The molecule has 0 saturated carbocycles. The van der Waals surface area contributed by atoms with Gasteiger partial charge in [0, 0.05) is 31.2 Å². The van der Waals surface area contributed by atoms with E-state index in [0.717, 1.165) is 6.04 Å². The van der Waals surface area contributed by atoms with E-state index in [1.165, 1.54) is 43.5 Å². The molecule has 2 heteroatoms. The number of likely N-dealkylation sites (tertiary alicyclic amines) is 1. The average Bonchev–Trinajstić information content (AvgIpc) is 2.77. The smallest absolute Gasteiger partial charge is 0.0320 e. The summed E-state index contributed by atoms with van der Waals surface area (Å²) in [5, 5.41) is 3.78. The van der Waals surface area contributed by atoms with Crippen molar-refractivity contribution in [2.24, 2.45) is 0 Å². The third kappa shape index (κ3) is 3.32. The number of nitrogens with zero attached hydrogens (tertiary/aromatic N) is 1. The molecule has 2 fully saturated rings. The summed E-state index contributed by atoms with van der Waals surface area (Å²) in [5.74, 6) is 0. The van der Waals surface area contributed by atoms with Crippen LogP contribution in [-0.4, -0.2) is 30.1 Å². The topological polar surface area (TPSA) is 15.3 Å². The van der Waals surface area contributed by atoms with Gasteiger partial charge in [0.15, 0.2) is 0 Å². The SMILES string of the molecule is CC(c1ccc(C(C)(C)C)cc1)N1CCC2CCC(C1)N2. The molecule has 1 aromatic rings. The molecule has 0 spiro atoms. The molecule has 0 aliphatic carbocycles. The average molecular weight is 286 g/mol. The molecular weight excluding hydrogens is 256 g/mol. The van der Waals surface area contributed by atoms with Crippen LogP contribution in [0.1, 0.15) is 64.1 Å². The third-order valence-corrected chi connectivity index (χ3v) is 5.36. The van der Waals surface area contributed by atoms with Gasteiger partial charge in [-0.05, 0) is 42.7 Å². The molecule has 3 atom stereocenters. The molecule has 3 rings (SSSR count). The number of hydrogen-bond donors (Lipinski definition) is 1. The van der Waals surface area contributed by atoms with Gasteiger partial charge in [-0.3, -0.25) is 4.90 Å². The van der Waals surface area contributed by atoms with Crippen LogP contribution in [0.2, 0.25) is 0 Å². The Labute approximate surface area is 129 Å². The van der Waals surface area contributed by atoms with Crippen molar-refractivity contribution in [3.05, 3.63) is 35.4 Å². The summed E-state index contributed by atoms with van der Waals surface area (Å²) in [6, 6.07) is 11.3. The number of nitrogens with one attached hydrogen (secondary N) is 1. The van der Waals surface area contributed by atoms with Crippen LogP contribution in [0.5, 0.6) is 0 Å². The molecule has 2 heterocycles. The lowest BCUT2D eigenvalue weighted by Gasteiger charge is -2.31. The quantitative estimate of drug-likeness (QED) is 0.888. The minimum absolute atomic E-state index is 0.243. The summed E-state index contributed by atoms with van der Waals surface area (Å²) < 4.78 is 0. The van der Waals surface area contributed by atoms with Crippen LogP contribution in [0.4, 0.5) is 0 Å². The number of benzene rings is 1. The molecular formula is C19H30N2. The largest absolute Gasteiger partial charge is 0.310 e. The van der Waals surface area contributed by atoms with Crippen molar-refractivity contribution in [1.82, 2.24) is 10.2 Å². The zero-order chi connectivity index (χ0) is 15.0. The van der Waals surface area contributed by atoms with Crippen LogP contribution >= 0.6 is 0 Å². The van der Waals surface area contributed by atoms with Crippen LogP contribution in [0, 0.1) is 0 Å². The van der Waals surface area contributed by atoms with Crippen LogP contribution < -0.4 is 5.32 Å². The summed E-state index contributed by atoms with van der Waals surface area (Å²) in [6.45, 7) is 11.6. The maximum absolute atomic E-state index is 3.78. The maximum atomic E-state index is 3.78. The first-order valence-corrected chi connectivity index (χ1v) is 8.54. The lowest BCUT2D eigenvalue weighted by Crippen LogP contribution is -2.36. The Balaban J connectivity index is 1.71. The lowest BCUT2D eigenvalue weighted by atomic mass is 9.86. The first kappa shape index (κ1) is 15.1. The van der Waals surface area contributed by atoms with Gasteiger partial charge >= 0.3 is 0 Å². The van der Waals surface area contributed by atoms with E-state index in [9.17, 15) is 0 Å². The van der Waals surface area contributed by atoms with E-state index >= 15 is 0 Å². The van der Waals surface area contributed by atoms with Crippen molar-refractivity contribution in [1.29, 1.82) is 0 Å². The predicted octanol–water partition coefficient (Wildman–Crippen LogP) is 3.87. The van der Waals surface area contributed by atoms with Crippen LogP contribution in [0.25, 0.3) is 0 Å². The normalized spacial score (nSPS) is 28.4. The van der Waals surface area contributed by atoms with Crippen molar-refractivity contribution in [2.45, 2.75) is 70.5 Å². The van der Waals surface area contributed by atoms with Gasteiger partial charge in [0.2, 0.25) is 0 Å². The molecule has 0 aromatic heterocycles. The molecule has 1 aromatic carbocycles. The molecule has 2 nitrogen and oxygen atoms in total. The molecule has 3 unspecified atom stereocenters. The second-order valence-electron chi connectivity index (χ2n) is 7.97. The summed E-state index contributed by atoms with van der Waals surface area (Å²) in [6.07, 6.45) is 4.05. The molecule has 116 valence electrons. The standard InChI is InChI=1S/C19H30N2/c1-14(15-5-7-16(8-6-15)19(2,3)4)21-12-11-17-9-10-18(13-21)20-17/h5-8,14,17-18,20H,9-13H2,1-4H3. The Kier molecular flexibility index (Phi) is 4.11. The van der Waals surface area contributed by atoms with Crippen LogP contribution in [0.15, 0.2) is 24.3 Å². The van der Waals surface area contributed by atoms with E-state index in [-0.39, 0.29) is 5.41 Å². The van der Waals surface area contributed by atoms with Gasteiger partial charge in [-0.25, -0.2) is 0 Å². The van der Waals surface area contributed by atoms with E-state index in [4.69, 9.17) is 0 Å². The van der Waals surface area contributed by atoms with E-state index < -0.39 is 0 Å². The summed E-state index contributed by atoms with van der Waals surface area (Å²) >= 11 is 0. The molecule has 0 amide bonds. The van der Waals surface area contributed by atoms with Gasteiger partial charge in [-0.15, -0.1) is 0 Å². The Morgan fingerprint density at radius 2 is 1.71 bits per heavy atom. The molecule has 2 saturated heterocycles. The zero-order valence-electron chi connectivity index (χ0n) is 14.0. The highest BCUT2D eigenvalue weighted by molar-refractivity contribution is 5.29. The van der Waals surface area contributed by atoms with E-state index in [2.05, 4.69) is 62.2 Å². The zero-order valence-corrected chi connectivity index (χ0v) is 14.0. The maximum Gasteiger partial charge on any atom is 0.0320 e. The van der Waals surface area contributed by atoms with Gasteiger partial charge < -0.3 is 5.32 Å². The second kappa shape index (κ2) is 5.73. The van der Waals surface area contributed by atoms with Gasteiger partial charge in [-0.2, -0.15) is 0 Å². The fraction of sp³-hybridized carbons (Fsp3) is 0.684. The van der Waals surface area contributed by atoms with Gasteiger partial charge in [-0.1, -0.05) is 45.0 Å². The number of rotatable bonds is 2. The van der Waals surface area contributed by atoms with E-state index in [1.54, 1.807) is 0 Å². The highest BCUT2D eigenvalue weighted by atomic mass is 15.2. The van der Waals surface area contributed by atoms with Crippen LogP contribution in [0.3, 0.4) is 0 Å². The first-order chi connectivity index (χ1) is 9.93. The molecule has 21 heavy (non-hydrogen) atoms. The van der Waals surface area contributed by atoms with E-state index in [0.29, 0.717) is 12.1 Å². The fourth-order valence-electron chi connectivity index (χ4n) is 3.79. The van der Waals surface area contributed by atoms with Crippen molar-refractivity contribution in [2.75, 3.05) is 13.1 Å². The summed E-state index contributed by atoms with van der Waals surface area (Å²) in [4.78, 5) is 2.67.